The molecule has 0 amide bonds. The van der Waals surface area contributed by atoms with E-state index in [1.54, 1.807) is 6.07 Å². The molecular weight excluding hydrogens is 282 g/mol. The molecule has 1 saturated heterocycles. The number of rotatable bonds is 6. The van der Waals surface area contributed by atoms with E-state index in [4.69, 9.17) is 14.9 Å². The first-order valence-electron chi connectivity index (χ1n) is 6.62. The van der Waals surface area contributed by atoms with Crippen LogP contribution in [0.25, 0.3) is 0 Å². The van der Waals surface area contributed by atoms with Crippen LogP contribution < -0.4 is 10.5 Å². The predicted octanol–water partition coefficient (Wildman–Crippen LogP) is -0.263. The van der Waals surface area contributed by atoms with Gasteiger partial charge in [0, 0.05) is 25.7 Å². The summed E-state index contributed by atoms with van der Waals surface area (Å²) in [7, 11) is -3.63. The standard InChI is InChI=1S/C12H21N3O4S/c1-10(9-15-4-6-18-7-5-15)14-20(16,17)12-3-2-11(8-13)19-12/h2-3,10,14H,4-9,13H2,1H3. The number of sulfonamides is 1. The third kappa shape index (κ3) is 4.03. The molecule has 0 saturated carbocycles. The van der Waals surface area contributed by atoms with Gasteiger partial charge < -0.3 is 14.9 Å². The number of furan rings is 1. The Kier molecular flexibility index (Phi) is 5.17. The number of nitrogens with zero attached hydrogens (tertiary/aromatic N) is 1. The second-order valence-electron chi connectivity index (χ2n) is 4.86. The highest BCUT2D eigenvalue weighted by Crippen LogP contribution is 2.14. The maximum atomic E-state index is 12.1. The van der Waals surface area contributed by atoms with Gasteiger partial charge in [-0.1, -0.05) is 0 Å². The summed E-state index contributed by atoms with van der Waals surface area (Å²) in [6, 6.07) is 2.79. The number of nitrogens with one attached hydrogen (secondary N) is 1. The van der Waals surface area contributed by atoms with Crippen molar-refractivity contribution in [2.24, 2.45) is 5.73 Å². The van der Waals surface area contributed by atoms with Crippen LogP contribution in [-0.4, -0.2) is 52.2 Å². The molecule has 1 aromatic rings. The fourth-order valence-corrected chi connectivity index (χ4v) is 3.33. The highest BCUT2D eigenvalue weighted by molar-refractivity contribution is 7.89. The molecule has 0 aliphatic carbocycles. The Hall–Kier alpha value is -0.930. The van der Waals surface area contributed by atoms with E-state index >= 15 is 0 Å². The zero-order valence-electron chi connectivity index (χ0n) is 11.5. The number of nitrogens with two attached hydrogens (primary N) is 1. The van der Waals surface area contributed by atoms with Crippen molar-refractivity contribution in [3.05, 3.63) is 17.9 Å². The van der Waals surface area contributed by atoms with Crippen molar-refractivity contribution in [3.8, 4) is 0 Å². The van der Waals surface area contributed by atoms with Gasteiger partial charge in [-0.25, -0.2) is 13.1 Å². The molecular formula is C12H21N3O4S. The third-order valence-electron chi connectivity index (χ3n) is 3.10. The second kappa shape index (κ2) is 6.68. The smallest absolute Gasteiger partial charge is 0.274 e. The Labute approximate surface area is 119 Å². The normalized spacial score (nSPS) is 19.1. The quantitative estimate of drug-likeness (QED) is 0.751. The van der Waals surface area contributed by atoms with Gasteiger partial charge in [0.15, 0.2) is 0 Å². The summed E-state index contributed by atoms with van der Waals surface area (Å²) in [5.41, 5.74) is 5.40. The van der Waals surface area contributed by atoms with Gasteiger partial charge in [-0.15, -0.1) is 0 Å². The molecule has 0 radical (unpaired) electrons. The fraction of sp³-hybridized carbons (Fsp3) is 0.667. The van der Waals surface area contributed by atoms with Crippen LogP contribution in [0.4, 0.5) is 0 Å². The van der Waals surface area contributed by atoms with Gasteiger partial charge in [0.25, 0.3) is 10.0 Å². The predicted molar refractivity (Wildman–Crippen MR) is 73.6 cm³/mol. The molecule has 1 aliphatic heterocycles. The highest BCUT2D eigenvalue weighted by Gasteiger charge is 2.23. The number of morpholine rings is 1. The molecule has 114 valence electrons. The molecule has 7 nitrogen and oxygen atoms in total. The summed E-state index contributed by atoms with van der Waals surface area (Å²) in [6.07, 6.45) is 0. The van der Waals surface area contributed by atoms with Crippen LogP contribution in [0.1, 0.15) is 12.7 Å². The Bertz CT molecular complexity index is 523. The minimum Gasteiger partial charge on any atom is -0.447 e. The lowest BCUT2D eigenvalue weighted by atomic mass is 10.3. The van der Waals surface area contributed by atoms with Crippen LogP contribution >= 0.6 is 0 Å². The summed E-state index contributed by atoms with van der Waals surface area (Å²) in [6.45, 7) is 5.69. The lowest BCUT2D eigenvalue weighted by Crippen LogP contribution is -2.45. The maximum Gasteiger partial charge on any atom is 0.274 e. The van der Waals surface area contributed by atoms with Crippen LogP contribution in [0, 0.1) is 0 Å². The largest absolute Gasteiger partial charge is 0.447 e. The topological polar surface area (TPSA) is 97.8 Å². The van der Waals surface area contributed by atoms with Crippen LogP contribution in [0.2, 0.25) is 0 Å². The lowest BCUT2D eigenvalue weighted by molar-refractivity contribution is 0.0354. The first kappa shape index (κ1) is 15.5. The first-order chi connectivity index (χ1) is 9.51. The van der Waals surface area contributed by atoms with Crippen molar-refractivity contribution < 1.29 is 17.6 Å². The van der Waals surface area contributed by atoms with Gasteiger partial charge in [0.2, 0.25) is 5.09 Å². The lowest BCUT2D eigenvalue weighted by Gasteiger charge is -2.29. The van der Waals surface area contributed by atoms with Crippen molar-refractivity contribution in [2.45, 2.75) is 24.6 Å². The third-order valence-corrected chi connectivity index (χ3v) is 4.56. The molecule has 8 heteroatoms. The number of hydrogen-bond donors (Lipinski definition) is 2. The summed E-state index contributed by atoms with van der Waals surface area (Å²) >= 11 is 0. The van der Waals surface area contributed by atoms with Crippen molar-refractivity contribution in [1.82, 2.24) is 9.62 Å². The van der Waals surface area contributed by atoms with Gasteiger partial charge in [0.1, 0.15) is 5.76 Å². The minimum absolute atomic E-state index is 0.0909. The molecule has 0 aromatic carbocycles. The van der Waals surface area contributed by atoms with E-state index in [1.165, 1.54) is 6.07 Å². The van der Waals surface area contributed by atoms with Gasteiger partial charge in [-0.2, -0.15) is 0 Å². The molecule has 2 heterocycles. The molecule has 20 heavy (non-hydrogen) atoms. The van der Waals surface area contributed by atoms with E-state index in [0.717, 1.165) is 13.1 Å². The molecule has 0 bridgehead atoms. The molecule has 1 aromatic heterocycles. The molecule has 2 rings (SSSR count). The van der Waals surface area contributed by atoms with Crippen molar-refractivity contribution >= 4 is 10.0 Å². The minimum atomic E-state index is -3.63. The average molecular weight is 303 g/mol. The Morgan fingerprint density at radius 2 is 2.10 bits per heavy atom. The van der Waals surface area contributed by atoms with Crippen LogP contribution in [0.3, 0.4) is 0 Å². The van der Waals surface area contributed by atoms with E-state index in [2.05, 4.69) is 9.62 Å². The van der Waals surface area contributed by atoms with Crippen molar-refractivity contribution in [1.29, 1.82) is 0 Å². The van der Waals surface area contributed by atoms with E-state index in [-0.39, 0.29) is 17.7 Å². The maximum absolute atomic E-state index is 12.1. The zero-order valence-corrected chi connectivity index (χ0v) is 12.4. The summed E-state index contributed by atoms with van der Waals surface area (Å²) in [4.78, 5) is 2.17. The fourth-order valence-electron chi connectivity index (χ4n) is 2.14. The SMILES string of the molecule is CC(CN1CCOCC1)NS(=O)(=O)c1ccc(CN)o1. The monoisotopic (exact) mass is 303 g/mol. The van der Waals surface area contributed by atoms with Crippen LogP contribution in [0.15, 0.2) is 21.6 Å². The average Bonchev–Trinajstić information content (AvgIpc) is 2.88. The van der Waals surface area contributed by atoms with Crippen LogP contribution in [0.5, 0.6) is 0 Å². The summed E-state index contributed by atoms with van der Waals surface area (Å²) < 4.78 is 37.3. The van der Waals surface area contributed by atoms with E-state index in [0.29, 0.717) is 25.5 Å². The zero-order chi connectivity index (χ0) is 14.6. The van der Waals surface area contributed by atoms with Crippen molar-refractivity contribution in [3.63, 3.8) is 0 Å². The molecule has 1 aliphatic rings. The number of hydrogen-bond acceptors (Lipinski definition) is 6. The first-order valence-corrected chi connectivity index (χ1v) is 8.11. The van der Waals surface area contributed by atoms with E-state index < -0.39 is 10.0 Å². The summed E-state index contributed by atoms with van der Waals surface area (Å²) in [5, 5.41) is -0.0909. The van der Waals surface area contributed by atoms with Crippen LogP contribution in [-0.2, 0) is 21.3 Å². The molecule has 3 N–H and O–H groups in total. The molecule has 1 atom stereocenters. The van der Waals surface area contributed by atoms with E-state index in [1.807, 2.05) is 6.92 Å². The molecule has 0 spiro atoms. The highest BCUT2D eigenvalue weighted by atomic mass is 32.2. The Morgan fingerprint density at radius 1 is 1.40 bits per heavy atom. The van der Waals surface area contributed by atoms with Gasteiger partial charge in [-0.3, -0.25) is 4.90 Å². The summed E-state index contributed by atoms with van der Waals surface area (Å²) in [5.74, 6) is 0.450. The second-order valence-corrected chi connectivity index (χ2v) is 6.51. The molecule has 1 unspecified atom stereocenters. The molecule has 1 fully saturated rings. The van der Waals surface area contributed by atoms with Gasteiger partial charge in [0.05, 0.1) is 19.8 Å². The van der Waals surface area contributed by atoms with Crippen molar-refractivity contribution in [2.75, 3.05) is 32.8 Å². The van der Waals surface area contributed by atoms with Gasteiger partial charge >= 0.3 is 0 Å². The Balaban J connectivity index is 1.93. The van der Waals surface area contributed by atoms with E-state index in [9.17, 15) is 8.42 Å². The van der Waals surface area contributed by atoms with Gasteiger partial charge in [-0.05, 0) is 19.1 Å². The number of ether oxygens (including phenoxy) is 1. The Morgan fingerprint density at radius 3 is 2.70 bits per heavy atom.